The second-order valence-corrected chi connectivity index (χ2v) is 12.6. The Balaban J connectivity index is 0.000000743. The minimum atomic E-state index is -0.495. The molecule has 3 aliphatic rings. The molecule has 0 bridgehead atoms. The van der Waals surface area contributed by atoms with Gasteiger partial charge in [0, 0.05) is 50.2 Å². The Bertz CT molecular complexity index is 1400. The van der Waals surface area contributed by atoms with E-state index in [1.807, 2.05) is 12.1 Å². The molecule has 1 atom stereocenters. The van der Waals surface area contributed by atoms with E-state index in [1.54, 1.807) is 0 Å². The van der Waals surface area contributed by atoms with Crippen LogP contribution in [-0.2, 0) is 5.41 Å². The number of nitrogens with zero attached hydrogens (tertiary/aromatic N) is 4. The predicted molar refractivity (Wildman–Crippen MR) is 174 cm³/mol. The van der Waals surface area contributed by atoms with Crippen LogP contribution in [0.25, 0.3) is 0 Å². The number of amides is 3. The quantitative estimate of drug-likeness (QED) is 0.323. The van der Waals surface area contributed by atoms with Gasteiger partial charge in [0.05, 0.1) is 11.6 Å². The highest BCUT2D eigenvalue weighted by atomic mass is 16.3. The van der Waals surface area contributed by atoms with Crippen LogP contribution in [0.15, 0.2) is 71.7 Å². The van der Waals surface area contributed by atoms with Crippen molar-refractivity contribution >= 4 is 17.6 Å². The average molecular weight is 612 g/mol. The van der Waals surface area contributed by atoms with E-state index < -0.39 is 6.03 Å². The van der Waals surface area contributed by atoms with Gasteiger partial charge in [0.2, 0.25) is 0 Å². The first-order valence-corrected chi connectivity index (χ1v) is 16.1. The summed E-state index contributed by atoms with van der Waals surface area (Å²) in [4.78, 5) is 31.6. The van der Waals surface area contributed by atoms with Crippen LogP contribution < -0.4 is 21.3 Å². The lowest BCUT2D eigenvalue weighted by molar-refractivity contribution is 0.0696. The summed E-state index contributed by atoms with van der Waals surface area (Å²) in [7, 11) is 1.47. The molecule has 1 saturated carbocycles. The minimum Gasteiger partial charge on any atom is -0.451 e. The molecule has 3 amide bonds. The summed E-state index contributed by atoms with van der Waals surface area (Å²) >= 11 is 0. The number of nitrogens with one attached hydrogen (secondary N) is 2. The third-order valence-corrected chi connectivity index (χ3v) is 10.00. The zero-order valence-corrected chi connectivity index (χ0v) is 26.2. The highest BCUT2D eigenvalue weighted by molar-refractivity contribution is 5.91. The molecule has 6 rings (SSSR count). The Labute approximate surface area is 266 Å². The Kier molecular flexibility index (Phi) is 10.7. The molecule has 0 spiro atoms. The summed E-state index contributed by atoms with van der Waals surface area (Å²) in [5.41, 5.74) is 8.11. The van der Waals surface area contributed by atoms with Gasteiger partial charge in [0.15, 0.2) is 12.1 Å². The number of carbonyl (C=O) groups is 2. The van der Waals surface area contributed by atoms with Crippen molar-refractivity contribution in [2.24, 2.45) is 23.5 Å². The van der Waals surface area contributed by atoms with E-state index in [1.165, 1.54) is 56.6 Å². The molecule has 10 nitrogen and oxygen atoms in total. The molecular weight excluding hydrogens is 566 g/mol. The maximum absolute atomic E-state index is 13.0. The van der Waals surface area contributed by atoms with E-state index in [0.717, 1.165) is 45.6 Å². The number of primary amides is 1. The van der Waals surface area contributed by atoms with Crippen molar-refractivity contribution in [3.8, 4) is 6.07 Å². The van der Waals surface area contributed by atoms with Crippen LogP contribution in [0.5, 0.6) is 0 Å². The van der Waals surface area contributed by atoms with Gasteiger partial charge in [-0.1, -0.05) is 43.2 Å². The van der Waals surface area contributed by atoms with Crippen molar-refractivity contribution in [3.05, 3.63) is 84.1 Å². The van der Waals surface area contributed by atoms with E-state index in [4.69, 9.17) is 9.68 Å². The van der Waals surface area contributed by atoms with Crippen LogP contribution in [-0.4, -0.2) is 68.1 Å². The minimum absolute atomic E-state index is 0.0773. The summed E-state index contributed by atoms with van der Waals surface area (Å²) in [5.74, 6) is 1.61. The van der Waals surface area contributed by atoms with Crippen molar-refractivity contribution < 1.29 is 14.0 Å². The maximum atomic E-state index is 13.0. The molecule has 2 aliphatic heterocycles. The van der Waals surface area contributed by atoms with Gasteiger partial charge in [0.1, 0.15) is 6.26 Å². The molecule has 2 saturated heterocycles. The Morgan fingerprint density at radius 2 is 1.67 bits per heavy atom. The number of likely N-dealkylation sites (tertiary alicyclic amines) is 1. The summed E-state index contributed by atoms with van der Waals surface area (Å²) in [5, 5.41) is 14.5. The lowest BCUT2D eigenvalue weighted by Crippen LogP contribution is -2.55. The highest BCUT2D eigenvalue weighted by Gasteiger charge is 2.48. The molecule has 4 N–H and O–H groups in total. The third kappa shape index (κ3) is 7.66. The van der Waals surface area contributed by atoms with Crippen LogP contribution in [0.1, 0.15) is 60.1 Å². The number of benzene rings is 2. The number of nitrogens with two attached hydrogens (primary N) is 1. The monoisotopic (exact) mass is 611 g/mol. The molecule has 0 radical (unpaired) electrons. The van der Waals surface area contributed by atoms with Gasteiger partial charge in [-0.05, 0) is 80.4 Å². The van der Waals surface area contributed by atoms with Gasteiger partial charge < -0.3 is 30.6 Å². The highest BCUT2D eigenvalue weighted by Crippen LogP contribution is 2.50. The lowest BCUT2D eigenvalue weighted by Gasteiger charge is -2.50. The van der Waals surface area contributed by atoms with Gasteiger partial charge in [-0.25, -0.2) is 9.78 Å². The summed E-state index contributed by atoms with van der Waals surface area (Å²) < 4.78 is 5.07. The SMILES string of the molecule is CNC(N)=O.N#Cc1ccc(N2CC(CN3CCC(C(CNC(=O)c4cocn4)(c4ccccc4)C4CCCC4)CC3)C2)cc1. The molecular formula is C35H45N7O3. The number of carbonyl (C=O) groups excluding carboxylic acids is 2. The van der Waals surface area contributed by atoms with Crippen LogP contribution in [0.4, 0.5) is 10.5 Å². The van der Waals surface area contributed by atoms with E-state index in [2.05, 4.69) is 79.7 Å². The van der Waals surface area contributed by atoms with E-state index in [9.17, 15) is 9.59 Å². The Morgan fingerprint density at radius 1 is 1.02 bits per heavy atom. The first-order valence-electron chi connectivity index (χ1n) is 16.1. The third-order valence-electron chi connectivity index (χ3n) is 10.00. The van der Waals surface area contributed by atoms with Crippen molar-refractivity contribution in [2.75, 3.05) is 51.2 Å². The summed E-state index contributed by atoms with van der Waals surface area (Å²) in [6.07, 6.45) is 10.0. The lowest BCUT2D eigenvalue weighted by atomic mass is 9.59. The van der Waals surface area contributed by atoms with Crippen LogP contribution in [0.2, 0.25) is 0 Å². The first kappa shape index (κ1) is 32.0. The fourth-order valence-electron chi connectivity index (χ4n) is 7.67. The molecule has 2 aromatic carbocycles. The van der Waals surface area contributed by atoms with Crippen LogP contribution in [0.3, 0.4) is 0 Å². The number of nitriles is 1. The molecule has 1 aromatic heterocycles. The van der Waals surface area contributed by atoms with Crippen LogP contribution >= 0.6 is 0 Å². The zero-order valence-electron chi connectivity index (χ0n) is 26.2. The standard InChI is InChI=1S/C33H39N5O2.C2H6N2O/c34-18-25-10-12-30(13-11-25)38-20-26(21-38)19-37-16-14-29(15-17-37)33(28-8-4-5-9-28,27-6-2-1-3-7-27)23-35-32(39)31-22-40-24-36-31;1-4-2(3)5/h1-3,6-7,10-13,22,24,26,28-29H,4-5,8-9,14-17,19-21,23H2,(H,35,39);1H3,(H3,3,4,5). The van der Waals surface area contributed by atoms with E-state index in [0.29, 0.717) is 35.6 Å². The smallest absolute Gasteiger partial charge is 0.311 e. The number of rotatable bonds is 9. The Hall–Kier alpha value is -4.36. The van der Waals surface area contributed by atoms with Crippen molar-refractivity contribution in [2.45, 2.75) is 43.9 Å². The van der Waals surface area contributed by atoms with Gasteiger partial charge >= 0.3 is 6.03 Å². The molecule has 3 heterocycles. The first-order chi connectivity index (χ1) is 21.9. The second-order valence-electron chi connectivity index (χ2n) is 12.6. The molecule has 45 heavy (non-hydrogen) atoms. The van der Waals surface area contributed by atoms with Crippen molar-refractivity contribution in [1.82, 2.24) is 20.5 Å². The van der Waals surface area contributed by atoms with Crippen molar-refractivity contribution in [3.63, 3.8) is 0 Å². The number of hydrogen-bond donors (Lipinski definition) is 3. The summed E-state index contributed by atoms with van der Waals surface area (Å²) in [6.45, 7) is 6.16. The number of hydrogen-bond acceptors (Lipinski definition) is 7. The van der Waals surface area contributed by atoms with Gasteiger partial charge in [0.25, 0.3) is 5.91 Å². The normalized spacial score (nSPS) is 19.0. The van der Waals surface area contributed by atoms with Crippen LogP contribution in [0, 0.1) is 29.1 Å². The second kappa shape index (κ2) is 15.1. The van der Waals surface area contributed by atoms with Gasteiger partial charge in [-0.3, -0.25) is 4.79 Å². The van der Waals surface area contributed by atoms with E-state index in [-0.39, 0.29) is 11.3 Å². The molecule has 10 heteroatoms. The summed E-state index contributed by atoms with van der Waals surface area (Å²) in [6, 6.07) is 20.6. The molecule has 3 fully saturated rings. The number of aromatic nitrogens is 1. The Morgan fingerprint density at radius 3 is 2.24 bits per heavy atom. The van der Waals surface area contributed by atoms with Gasteiger partial charge in [-0.2, -0.15) is 5.26 Å². The average Bonchev–Trinajstić information content (AvgIpc) is 3.80. The molecule has 238 valence electrons. The largest absolute Gasteiger partial charge is 0.451 e. The maximum Gasteiger partial charge on any atom is 0.311 e. The molecule has 1 aliphatic carbocycles. The zero-order chi connectivity index (χ0) is 31.6. The molecule has 3 aromatic rings. The number of urea groups is 1. The number of anilines is 1. The van der Waals surface area contributed by atoms with E-state index >= 15 is 0 Å². The number of oxazole rings is 1. The van der Waals surface area contributed by atoms with Crippen molar-refractivity contribution in [1.29, 1.82) is 5.26 Å². The fraction of sp³-hybridized carbons (Fsp3) is 0.486. The topological polar surface area (TPSA) is 141 Å². The molecule has 1 unspecified atom stereocenters. The number of piperidine rings is 1. The fourth-order valence-corrected chi connectivity index (χ4v) is 7.67. The van der Waals surface area contributed by atoms with Gasteiger partial charge in [-0.15, -0.1) is 0 Å². The predicted octanol–water partition coefficient (Wildman–Crippen LogP) is 4.54.